The van der Waals surface area contributed by atoms with Gasteiger partial charge in [-0.3, -0.25) is 4.79 Å². The first-order valence-corrected chi connectivity index (χ1v) is 12.2. The van der Waals surface area contributed by atoms with Crippen LogP contribution < -0.4 is 19.7 Å². The second kappa shape index (κ2) is 10.7. The van der Waals surface area contributed by atoms with Crippen LogP contribution in [0, 0.1) is 0 Å². The topological polar surface area (TPSA) is 88.2 Å². The number of carbonyl (C=O) groups is 1. The predicted octanol–water partition coefficient (Wildman–Crippen LogP) is 3.34. The van der Waals surface area contributed by atoms with E-state index in [4.69, 9.17) is 9.47 Å². The fourth-order valence-electron chi connectivity index (χ4n) is 3.74. The van der Waals surface area contributed by atoms with E-state index in [0.717, 1.165) is 24.9 Å². The van der Waals surface area contributed by atoms with E-state index < -0.39 is 10.0 Å². The number of piperidine rings is 1. The molecule has 1 fully saturated rings. The molecular formula is C23H31N3O5S. The van der Waals surface area contributed by atoms with Gasteiger partial charge in [0.25, 0.3) is 0 Å². The molecule has 2 aromatic carbocycles. The van der Waals surface area contributed by atoms with Crippen molar-refractivity contribution in [3.8, 4) is 11.5 Å². The molecule has 1 amide bonds. The zero-order chi connectivity index (χ0) is 23.1. The molecule has 1 heterocycles. The van der Waals surface area contributed by atoms with Gasteiger partial charge in [-0.05, 0) is 50.1 Å². The quantitative estimate of drug-likeness (QED) is 0.616. The molecule has 0 bridgehead atoms. The highest BCUT2D eigenvalue weighted by Gasteiger charge is 2.27. The molecule has 3 rings (SSSR count). The van der Waals surface area contributed by atoms with Crippen molar-refractivity contribution < 1.29 is 22.7 Å². The number of nitrogens with one attached hydrogen (secondary N) is 1. The first-order valence-electron chi connectivity index (χ1n) is 10.8. The van der Waals surface area contributed by atoms with Crippen molar-refractivity contribution in [3.05, 3.63) is 42.5 Å². The molecule has 8 nitrogen and oxygen atoms in total. The van der Waals surface area contributed by atoms with E-state index >= 15 is 0 Å². The maximum Gasteiger partial charge on any atom is 0.243 e. The number of rotatable bonds is 9. The molecule has 1 aliphatic heterocycles. The van der Waals surface area contributed by atoms with Gasteiger partial charge >= 0.3 is 0 Å². The molecule has 174 valence electrons. The molecule has 1 aliphatic rings. The number of benzene rings is 2. The zero-order valence-electron chi connectivity index (χ0n) is 18.8. The van der Waals surface area contributed by atoms with Crippen molar-refractivity contribution in [2.24, 2.45) is 0 Å². The number of hydrogen-bond acceptors (Lipinski definition) is 6. The van der Waals surface area contributed by atoms with E-state index in [2.05, 4.69) is 5.32 Å². The van der Waals surface area contributed by atoms with E-state index in [-0.39, 0.29) is 17.3 Å². The molecule has 0 radical (unpaired) electrons. The van der Waals surface area contributed by atoms with Crippen molar-refractivity contribution in [2.45, 2.75) is 31.1 Å². The summed E-state index contributed by atoms with van der Waals surface area (Å²) < 4.78 is 38.6. The SMILES string of the molecule is CCOc1ccc(S(=O)(=O)N2CCCCC2)cc1NC(=O)CN(C)c1ccccc1OC. The van der Waals surface area contributed by atoms with Gasteiger partial charge in [-0.15, -0.1) is 0 Å². The molecular weight excluding hydrogens is 430 g/mol. The first-order chi connectivity index (χ1) is 15.4. The van der Waals surface area contributed by atoms with Crippen LogP contribution in [0.2, 0.25) is 0 Å². The minimum absolute atomic E-state index is 0.0506. The minimum Gasteiger partial charge on any atom is -0.495 e. The fraction of sp³-hybridized carbons (Fsp3) is 0.435. The van der Waals surface area contributed by atoms with Crippen LogP contribution in [-0.2, 0) is 14.8 Å². The number of amides is 1. The lowest BCUT2D eigenvalue weighted by Crippen LogP contribution is -2.35. The molecule has 0 saturated carbocycles. The number of nitrogens with zero attached hydrogens (tertiary/aromatic N) is 2. The van der Waals surface area contributed by atoms with Gasteiger partial charge < -0.3 is 19.7 Å². The smallest absolute Gasteiger partial charge is 0.243 e. The van der Waals surface area contributed by atoms with E-state index in [1.165, 1.54) is 16.4 Å². The first kappa shape index (κ1) is 23.9. The lowest BCUT2D eigenvalue weighted by atomic mass is 10.2. The summed E-state index contributed by atoms with van der Waals surface area (Å²) in [6, 6.07) is 12.0. The van der Waals surface area contributed by atoms with Gasteiger partial charge in [-0.25, -0.2) is 8.42 Å². The zero-order valence-corrected chi connectivity index (χ0v) is 19.7. The van der Waals surface area contributed by atoms with Crippen molar-refractivity contribution in [1.82, 2.24) is 4.31 Å². The van der Waals surface area contributed by atoms with E-state index in [0.29, 0.717) is 36.9 Å². The molecule has 0 atom stereocenters. The second-order valence-electron chi connectivity index (χ2n) is 7.63. The van der Waals surface area contributed by atoms with Crippen LogP contribution in [-0.4, -0.2) is 59.0 Å². The Morgan fingerprint density at radius 1 is 1.09 bits per heavy atom. The van der Waals surface area contributed by atoms with Crippen LogP contribution in [0.1, 0.15) is 26.2 Å². The maximum absolute atomic E-state index is 13.1. The normalized spacial score (nSPS) is 14.6. The molecule has 0 unspecified atom stereocenters. The Morgan fingerprint density at radius 2 is 1.81 bits per heavy atom. The van der Waals surface area contributed by atoms with Crippen molar-refractivity contribution in [1.29, 1.82) is 0 Å². The Balaban J connectivity index is 1.80. The number of carbonyl (C=O) groups excluding carboxylic acids is 1. The number of anilines is 2. The summed E-state index contributed by atoms with van der Waals surface area (Å²) in [6.45, 7) is 3.30. The van der Waals surface area contributed by atoms with Gasteiger partial charge in [0.2, 0.25) is 15.9 Å². The van der Waals surface area contributed by atoms with E-state index in [1.54, 1.807) is 25.1 Å². The van der Waals surface area contributed by atoms with Crippen molar-refractivity contribution in [2.75, 3.05) is 50.6 Å². The highest BCUT2D eigenvalue weighted by Crippen LogP contribution is 2.31. The van der Waals surface area contributed by atoms with E-state index in [9.17, 15) is 13.2 Å². The summed E-state index contributed by atoms with van der Waals surface area (Å²) in [5.41, 5.74) is 1.11. The fourth-order valence-corrected chi connectivity index (χ4v) is 5.28. The second-order valence-corrected chi connectivity index (χ2v) is 9.57. The summed E-state index contributed by atoms with van der Waals surface area (Å²) in [5, 5.41) is 2.82. The predicted molar refractivity (Wildman–Crippen MR) is 125 cm³/mol. The minimum atomic E-state index is -3.63. The Morgan fingerprint density at radius 3 is 2.50 bits per heavy atom. The molecule has 9 heteroatoms. The van der Waals surface area contributed by atoms with Gasteiger partial charge in [-0.1, -0.05) is 18.6 Å². The average Bonchev–Trinajstić information content (AvgIpc) is 2.80. The van der Waals surface area contributed by atoms with Gasteiger partial charge in [0.15, 0.2) is 0 Å². The maximum atomic E-state index is 13.1. The summed E-state index contributed by atoms with van der Waals surface area (Å²) in [6.07, 6.45) is 2.75. The van der Waals surface area contributed by atoms with Crippen LogP contribution >= 0.6 is 0 Å². The Kier molecular flexibility index (Phi) is 7.98. The van der Waals surface area contributed by atoms with E-state index in [1.807, 2.05) is 31.2 Å². The summed E-state index contributed by atoms with van der Waals surface area (Å²) >= 11 is 0. The number of methoxy groups -OCH3 is 1. The number of para-hydroxylation sites is 2. The lowest BCUT2D eigenvalue weighted by molar-refractivity contribution is -0.114. The number of hydrogen-bond donors (Lipinski definition) is 1. The molecule has 0 aromatic heterocycles. The number of ether oxygens (including phenoxy) is 2. The van der Waals surface area contributed by atoms with Gasteiger partial charge in [0, 0.05) is 20.1 Å². The highest BCUT2D eigenvalue weighted by atomic mass is 32.2. The van der Waals surface area contributed by atoms with Crippen LogP contribution in [0.4, 0.5) is 11.4 Å². The van der Waals surface area contributed by atoms with Crippen molar-refractivity contribution >= 4 is 27.3 Å². The number of likely N-dealkylation sites (N-methyl/N-ethyl adjacent to an activating group) is 1. The number of sulfonamides is 1. The standard InChI is InChI=1S/C23H31N3O5S/c1-4-31-21-13-12-18(32(28,29)26-14-8-5-9-15-26)16-19(21)24-23(27)17-25(2)20-10-6-7-11-22(20)30-3/h6-7,10-13,16H,4-5,8-9,14-15,17H2,1-3H3,(H,24,27). The molecule has 1 N–H and O–H groups in total. The largest absolute Gasteiger partial charge is 0.495 e. The van der Waals surface area contributed by atoms with Crippen LogP contribution in [0.5, 0.6) is 11.5 Å². The van der Waals surface area contributed by atoms with Gasteiger partial charge in [0.05, 0.1) is 36.5 Å². The third-order valence-electron chi connectivity index (χ3n) is 5.35. The average molecular weight is 462 g/mol. The molecule has 0 spiro atoms. The molecule has 1 saturated heterocycles. The lowest BCUT2D eigenvalue weighted by Gasteiger charge is -2.26. The molecule has 2 aromatic rings. The van der Waals surface area contributed by atoms with Gasteiger partial charge in [-0.2, -0.15) is 4.31 Å². The Hall–Kier alpha value is -2.78. The monoisotopic (exact) mass is 461 g/mol. The van der Waals surface area contributed by atoms with Gasteiger partial charge in [0.1, 0.15) is 11.5 Å². The molecule has 32 heavy (non-hydrogen) atoms. The Labute approximate surface area is 190 Å². The van der Waals surface area contributed by atoms with Crippen molar-refractivity contribution in [3.63, 3.8) is 0 Å². The summed E-state index contributed by atoms with van der Waals surface area (Å²) in [7, 11) is -0.259. The summed E-state index contributed by atoms with van der Waals surface area (Å²) in [4.78, 5) is 14.7. The van der Waals surface area contributed by atoms with Crippen LogP contribution in [0.3, 0.4) is 0 Å². The third kappa shape index (κ3) is 5.52. The highest BCUT2D eigenvalue weighted by molar-refractivity contribution is 7.89. The molecule has 0 aliphatic carbocycles. The van der Waals surface area contributed by atoms with Crippen LogP contribution in [0.25, 0.3) is 0 Å². The summed E-state index contributed by atoms with van der Waals surface area (Å²) in [5.74, 6) is 0.790. The Bertz CT molecular complexity index is 1040. The van der Waals surface area contributed by atoms with Crippen LogP contribution in [0.15, 0.2) is 47.4 Å². The third-order valence-corrected chi connectivity index (χ3v) is 7.25.